The maximum Gasteiger partial charge on any atom is 0.102 e. The lowest BCUT2D eigenvalue weighted by molar-refractivity contribution is 0.272. The summed E-state index contributed by atoms with van der Waals surface area (Å²) < 4.78 is 6.01. The van der Waals surface area contributed by atoms with Crippen LogP contribution in [0.3, 0.4) is 0 Å². The Kier molecular flexibility index (Phi) is 7.19. The van der Waals surface area contributed by atoms with Gasteiger partial charge in [-0.3, -0.25) is 0 Å². The van der Waals surface area contributed by atoms with Gasteiger partial charge in [-0.1, -0.05) is 27.7 Å². The minimum atomic E-state index is 0.986. The van der Waals surface area contributed by atoms with Gasteiger partial charge < -0.3 is 4.74 Å². The van der Waals surface area contributed by atoms with Crippen LogP contribution >= 0.6 is 0 Å². The molecule has 0 saturated carbocycles. The van der Waals surface area contributed by atoms with Gasteiger partial charge >= 0.3 is 0 Å². The second kappa shape index (κ2) is 7.56. The molecule has 0 radical (unpaired) electrons. The Morgan fingerprint density at radius 1 is 0.667 bits per heavy atom. The van der Waals surface area contributed by atoms with E-state index in [1.807, 2.05) is 0 Å². The maximum atomic E-state index is 6.01. The van der Waals surface area contributed by atoms with Gasteiger partial charge in [0.05, 0.1) is 0 Å². The predicted molar refractivity (Wildman–Crippen MR) is 67.6 cm³/mol. The van der Waals surface area contributed by atoms with Gasteiger partial charge in [0.25, 0.3) is 0 Å². The predicted octanol–water partition coefficient (Wildman–Crippen LogP) is 5.19. The third-order valence-electron chi connectivity index (χ3n) is 2.90. The molecule has 0 rings (SSSR count). The number of ether oxygens (including phenoxy) is 1. The van der Waals surface area contributed by atoms with E-state index in [0.717, 1.165) is 37.2 Å². The number of rotatable bonds is 6. The molecule has 0 aromatic rings. The molecule has 0 spiro atoms. The van der Waals surface area contributed by atoms with Crippen LogP contribution in [0.25, 0.3) is 0 Å². The Balaban J connectivity index is 4.82. The van der Waals surface area contributed by atoms with Gasteiger partial charge in [-0.2, -0.15) is 0 Å². The van der Waals surface area contributed by atoms with Crippen LogP contribution in [0, 0.1) is 0 Å². The topological polar surface area (TPSA) is 9.23 Å². The van der Waals surface area contributed by atoms with Crippen molar-refractivity contribution >= 4 is 0 Å². The van der Waals surface area contributed by atoms with Crippen molar-refractivity contribution < 1.29 is 4.74 Å². The minimum Gasteiger partial charge on any atom is -0.466 e. The average molecular weight is 210 g/mol. The van der Waals surface area contributed by atoms with E-state index in [1.54, 1.807) is 0 Å². The fourth-order valence-corrected chi connectivity index (χ4v) is 1.47. The van der Waals surface area contributed by atoms with Crippen LogP contribution in [-0.4, -0.2) is 0 Å². The molecule has 0 amide bonds. The Morgan fingerprint density at radius 2 is 1.00 bits per heavy atom. The normalized spacial score (nSPS) is 14.5. The molecule has 0 N–H and O–H groups in total. The fourth-order valence-electron chi connectivity index (χ4n) is 1.47. The first-order valence-corrected chi connectivity index (χ1v) is 6.15. The zero-order valence-electron chi connectivity index (χ0n) is 11.2. The van der Waals surface area contributed by atoms with E-state index in [9.17, 15) is 0 Å². The van der Waals surface area contributed by atoms with E-state index in [0.29, 0.717) is 0 Å². The number of hydrogen-bond donors (Lipinski definition) is 0. The average Bonchev–Trinajstić information content (AvgIpc) is 2.28. The third kappa shape index (κ3) is 4.55. The summed E-state index contributed by atoms with van der Waals surface area (Å²) in [6.07, 6.45) is 4.12. The highest BCUT2D eigenvalue weighted by molar-refractivity contribution is 5.12. The Labute approximate surface area is 95.2 Å². The highest BCUT2D eigenvalue weighted by Crippen LogP contribution is 2.21. The van der Waals surface area contributed by atoms with Gasteiger partial charge in [0, 0.05) is 12.8 Å². The molecule has 1 nitrogen and oxygen atoms in total. The van der Waals surface area contributed by atoms with E-state index in [-0.39, 0.29) is 0 Å². The Bertz CT molecular complexity index is 220. The SMILES string of the molecule is CCC(C)=C(CC)OC(CC)=C(C)CC. The number of hydrogen-bond acceptors (Lipinski definition) is 1. The van der Waals surface area contributed by atoms with Crippen molar-refractivity contribution in [3.05, 3.63) is 22.7 Å². The van der Waals surface area contributed by atoms with Crippen LogP contribution < -0.4 is 0 Å². The lowest BCUT2D eigenvalue weighted by Gasteiger charge is -2.15. The zero-order chi connectivity index (χ0) is 11.8. The zero-order valence-corrected chi connectivity index (χ0v) is 11.2. The molecule has 0 aliphatic rings. The molecule has 0 fully saturated rings. The van der Waals surface area contributed by atoms with Crippen molar-refractivity contribution in [2.75, 3.05) is 0 Å². The molecule has 0 bridgehead atoms. The molecule has 0 aliphatic heterocycles. The van der Waals surface area contributed by atoms with Crippen LogP contribution in [0.5, 0.6) is 0 Å². The maximum absolute atomic E-state index is 6.01. The van der Waals surface area contributed by atoms with Crippen molar-refractivity contribution in [2.45, 2.75) is 67.2 Å². The van der Waals surface area contributed by atoms with Crippen LogP contribution in [-0.2, 0) is 4.74 Å². The molecule has 0 saturated heterocycles. The van der Waals surface area contributed by atoms with Crippen molar-refractivity contribution in [2.24, 2.45) is 0 Å². The molecule has 0 atom stereocenters. The molecule has 0 aliphatic carbocycles. The highest BCUT2D eigenvalue weighted by Gasteiger charge is 2.06. The molecule has 1 heteroatoms. The Morgan fingerprint density at radius 3 is 1.20 bits per heavy atom. The molecule has 0 unspecified atom stereocenters. The lowest BCUT2D eigenvalue weighted by atomic mass is 10.1. The molecule has 88 valence electrons. The van der Waals surface area contributed by atoms with Crippen molar-refractivity contribution in [3.63, 3.8) is 0 Å². The van der Waals surface area contributed by atoms with Crippen LogP contribution in [0.2, 0.25) is 0 Å². The van der Waals surface area contributed by atoms with Gasteiger partial charge in [0.1, 0.15) is 11.5 Å². The van der Waals surface area contributed by atoms with E-state index >= 15 is 0 Å². The number of allylic oxidation sites excluding steroid dienone is 4. The van der Waals surface area contributed by atoms with E-state index in [2.05, 4.69) is 41.5 Å². The Hall–Kier alpha value is -0.720. The second-order valence-corrected chi connectivity index (χ2v) is 3.92. The van der Waals surface area contributed by atoms with Gasteiger partial charge in [0.15, 0.2) is 0 Å². The summed E-state index contributed by atoms with van der Waals surface area (Å²) in [5.74, 6) is 2.31. The van der Waals surface area contributed by atoms with Crippen molar-refractivity contribution in [1.82, 2.24) is 0 Å². The van der Waals surface area contributed by atoms with Gasteiger partial charge in [-0.25, -0.2) is 0 Å². The van der Waals surface area contributed by atoms with E-state index < -0.39 is 0 Å². The summed E-state index contributed by atoms with van der Waals surface area (Å²) in [6.45, 7) is 13.0. The highest BCUT2D eigenvalue weighted by atomic mass is 16.5. The molecule has 0 heterocycles. The summed E-state index contributed by atoms with van der Waals surface area (Å²) in [5.41, 5.74) is 2.74. The third-order valence-corrected chi connectivity index (χ3v) is 2.90. The standard InChI is InChI=1S/C14H26O/c1-7-11(5)13(9-3)15-14(10-4)12(6)8-2/h7-10H2,1-6H3. The first-order chi connectivity index (χ1) is 7.10. The monoisotopic (exact) mass is 210 g/mol. The summed E-state index contributed by atoms with van der Waals surface area (Å²) in [4.78, 5) is 0. The largest absolute Gasteiger partial charge is 0.466 e. The summed E-state index contributed by atoms with van der Waals surface area (Å²) >= 11 is 0. The second-order valence-electron chi connectivity index (χ2n) is 3.92. The quantitative estimate of drug-likeness (QED) is 0.548. The molecular weight excluding hydrogens is 184 g/mol. The van der Waals surface area contributed by atoms with Crippen molar-refractivity contribution in [1.29, 1.82) is 0 Å². The van der Waals surface area contributed by atoms with Gasteiger partial charge in [-0.05, 0) is 37.8 Å². The summed E-state index contributed by atoms with van der Waals surface area (Å²) in [5, 5.41) is 0. The molecule has 0 aromatic heterocycles. The van der Waals surface area contributed by atoms with Crippen molar-refractivity contribution in [3.8, 4) is 0 Å². The molecular formula is C14H26O. The molecule has 15 heavy (non-hydrogen) atoms. The van der Waals surface area contributed by atoms with E-state index in [4.69, 9.17) is 4.74 Å². The van der Waals surface area contributed by atoms with Crippen LogP contribution in [0.15, 0.2) is 22.7 Å². The first-order valence-electron chi connectivity index (χ1n) is 6.15. The fraction of sp³-hybridized carbons (Fsp3) is 0.714. The summed E-state index contributed by atoms with van der Waals surface area (Å²) in [6, 6.07) is 0. The molecule has 0 aromatic carbocycles. The van der Waals surface area contributed by atoms with Crippen LogP contribution in [0.4, 0.5) is 0 Å². The van der Waals surface area contributed by atoms with Gasteiger partial charge in [-0.15, -0.1) is 0 Å². The smallest absolute Gasteiger partial charge is 0.102 e. The summed E-state index contributed by atoms with van der Waals surface area (Å²) in [7, 11) is 0. The van der Waals surface area contributed by atoms with Crippen LogP contribution in [0.1, 0.15) is 67.2 Å². The van der Waals surface area contributed by atoms with Gasteiger partial charge in [0.2, 0.25) is 0 Å². The lowest BCUT2D eigenvalue weighted by Crippen LogP contribution is -1.97. The first kappa shape index (κ1) is 14.3. The van der Waals surface area contributed by atoms with E-state index in [1.165, 1.54) is 11.1 Å². The minimum absolute atomic E-state index is 0.986.